The average molecular weight is 353 g/mol. The standard InChI is InChI=1S/C22H27NO3/c1-23(11-10-16-6-9-21-22(12-16)26-15-25-21)14-18-5-3-4-17-7-8-19(24-2)13-20(17)18/h6-9,12-13,18H,3-5,10-11,14-15H2,1-2H3. The van der Waals surface area contributed by atoms with Crippen LogP contribution < -0.4 is 14.2 Å². The smallest absolute Gasteiger partial charge is 0.231 e. The predicted molar refractivity (Wildman–Crippen MR) is 102 cm³/mol. The summed E-state index contributed by atoms with van der Waals surface area (Å²) >= 11 is 0. The minimum Gasteiger partial charge on any atom is -0.497 e. The molecule has 1 heterocycles. The largest absolute Gasteiger partial charge is 0.497 e. The van der Waals surface area contributed by atoms with Gasteiger partial charge in [0, 0.05) is 13.1 Å². The maximum atomic E-state index is 5.48. The van der Waals surface area contributed by atoms with Gasteiger partial charge in [0.25, 0.3) is 0 Å². The summed E-state index contributed by atoms with van der Waals surface area (Å²) in [6.45, 7) is 2.46. The van der Waals surface area contributed by atoms with Gasteiger partial charge in [-0.2, -0.15) is 0 Å². The van der Waals surface area contributed by atoms with E-state index < -0.39 is 0 Å². The third-order valence-electron chi connectivity index (χ3n) is 5.54. The second kappa shape index (κ2) is 7.58. The molecule has 2 aromatic carbocycles. The summed E-state index contributed by atoms with van der Waals surface area (Å²) < 4.78 is 16.3. The molecule has 0 bridgehead atoms. The van der Waals surface area contributed by atoms with E-state index in [0.29, 0.717) is 12.7 Å². The van der Waals surface area contributed by atoms with Crippen molar-refractivity contribution in [2.75, 3.05) is 34.0 Å². The molecule has 0 fully saturated rings. The topological polar surface area (TPSA) is 30.9 Å². The van der Waals surface area contributed by atoms with Crippen LogP contribution in [0.4, 0.5) is 0 Å². The Balaban J connectivity index is 1.37. The molecule has 4 rings (SSSR count). The van der Waals surface area contributed by atoms with Crippen LogP contribution in [0, 0.1) is 0 Å². The summed E-state index contributed by atoms with van der Waals surface area (Å²) in [5, 5.41) is 0. The van der Waals surface area contributed by atoms with E-state index in [1.807, 2.05) is 6.07 Å². The van der Waals surface area contributed by atoms with Gasteiger partial charge in [0.15, 0.2) is 11.5 Å². The second-order valence-electron chi connectivity index (χ2n) is 7.35. The highest BCUT2D eigenvalue weighted by Crippen LogP contribution is 2.35. The number of hydrogen-bond acceptors (Lipinski definition) is 4. The van der Waals surface area contributed by atoms with Gasteiger partial charge in [-0.3, -0.25) is 0 Å². The molecular formula is C22H27NO3. The Kier molecular flexibility index (Phi) is 5.02. The van der Waals surface area contributed by atoms with Crippen LogP contribution in [0.15, 0.2) is 36.4 Å². The van der Waals surface area contributed by atoms with E-state index in [9.17, 15) is 0 Å². The van der Waals surface area contributed by atoms with Crippen LogP contribution in [0.3, 0.4) is 0 Å². The van der Waals surface area contributed by atoms with Crippen molar-refractivity contribution in [1.29, 1.82) is 0 Å². The minimum atomic E-state index is 0.337. The van der Waals surface area contributed by atoms with Crippen molar-refractivity contribution in [3.8, 4) is 17.2 Å². The van der Waals surface area contributed by atoms with Gasteiger partial charge in [0.2, 0.25) is 6.79 Å². The summed E-state index contributed by atoms with van der Waals surface area (Å²) in [4.78, 5) is 2.45. The van der Waals surface area contributed by atoms with Gasteiger partial charge in [-0.1, -0.05) is 12.1 Å². The number of methoxy groups -OCH3 is 1. The number of ether oxygens (including phenoxy) is 3. The molecule has 0 N–H and O–H groups in total. The van der Waals surface area contributed by atoms with E-state index in [1.54, 1.807) is 7.11 Å². The molecule has 0 saturated carbocycles. The minimum absolute atomic E-state index is 0.337. The van der Waals surface area contributed by atoms with Crippen LogP contribution in [0.1, 0.15) is 35.4 Å². The molecule has 1 aliphatic heterocycles. The summed E-state index contributed by atoms with van der Waals surface area (Å²) in [6.07, 6.45) is 4.75. The van der Waals surface area contributed by atoms with E-state index in [2.05, 4.69) is 42.3 Å². The van der Waals surface area contributed by atoms with Gasteiger partial charge in [0.05, 0.1) is 7.11 Å². The Hall–Kier alpha value is -2.20. The maximum absolute atomic E-state index is 5.48. The molecule has 4 nitrogen and oxygen atoms in total. The maximum Gasteiger partial charge on any atom is 0.231 e. The molecule has 138 valence electrons. The Morgan fingerprint density at radius 1 is 1.12 bits per heavy atom. The highest BCUT2D eigenvalue weighted by molar-refractivity contribution is 5.44. The number of hydrogen-bond donors (Lipinski definition) is 0. The molecule has 0 aromatic heterocycles. The first-order chi connectivity index (χ1) is 12.7. The van der Waals surface area contributed by atoms with Gasteiger partial charge in [-0.25, -0.2) is 0 Å². The highest BCUT2D eigenvalue weighted by Gasteiger charge is 2.22. The van der Waals surface area contributed by atoms with Crippen molar-refractivity contribution in [3.63, 3.8) is 0 Å². The number of likely N-dealkylation sites (N-methyl/N-ethyl adjacent to an activating group) is 1. The zero-order valence-corrected chi connectivity index (χ0v) is 15.7. The molecule has 2 aliphatic rings. The van der Waals surface area contributed by atoms with E-state index in [1.165, 1.54) is 36.0 Å². The van der Waals surface area contributed by atoms with Gasteiger partial charge in [-0.15, -0.1) is 0 Å². The van der Waals surface area contributed by atoms with Crippen molar-refractivity contribution in [2.24, 2.45) is 0 Å². The zero-order chi connectivity index (χ0) is 17.9. The molecule has 0 amide bonds. The second-order valence-corrected chi connectivity index (χ2v) is 7.35. The number of fused-ring (bicyclic) bond motifs is 2. The Labute approximate surface area is 155 Å². The van der Waals surface area contributed by atoms with Crippen LogP contribution >= 0.6 is 0 Å². The Morgan fingerprint density at radius 3 is 2.88 bits per heavy atom. The fraction of sp³-hybridized carbons (Fsp3) is 0.455. The van der Waals surface area contributed by atoms with Crippen LogP contribution in [-0.2, 0) is 12.8 Å². The molecule has 26 heavy (non-hydrogen) atoms. The van der Waals surface area contributed by atoms with Crippen molar-refractivity contribution in [3.05, 3.63) is 53.1 Å². The predicted octanol–water partition coefficient (Wildman–Crippen LogP) is 4.02. The molecule has 1 atom stereocenters. The van der Waals surface area contributed by atoms with Crippen LogP contribution in [0.2, 0.25) is 0 Å². The zero-order valence-electron chi connectivity index (χ0n) is 15.7. The molecule has 0 spiro atoms. The third-order valence-corrected chi connectivity index (χ3v) is 5.54. The van der Waals surface area contributed by atoms with E-state index in [0.717, 1.165) is 36.8 Å². The molecule has 0 saturated heterocycles. The molecule has 4 heteroatoms. The van der Waals surface area contributed by atoms with Gasteiger partial charge >= 0.3 is 0 Å². The van der Waals surface area contributed by atoms with Gasteiger partial charge < -0.3 is 19.1 Å². The third kappa shape index (κ3) is 3.65. The lowest BCUT2D eigenvalue weighted by Crippen LogP contribution is -2.28. The average Bonchev–Trinajstić information content (AvgIpc) is 3.14. The summed E-state index contributed by atoms with van der Waals surface area (Å²) in [7, 11) is 3.97. The number of nitrogens with zero attached hydrogens (tertiary/aromatic N) is 1. The number of benzene rings is 2. The fourth-order valence-corrected chi connectivity index (χ4v) is 4.08. The summed E-state index contributed by atoms with van der Waals surface area (Å²) in [5.74, 6) is 3.29. The normalized spacial score (nSPS) is 18.0. The number of rotatable bonds is 6. The lowest BCUT2D eigenvalue weighted by molar-refractivity contribution is 0.174. The molecule has 0 radical (unpaired) electrons. The van der Waals surface area contributed by atoms with Gasteiger partial charge in [-0.05, 0) is 79.6 Å². The van der Waals surface area contributed by atoms with Crippen LogP contribution in [0.25, 0.3) is 0 Å². The first-order valence-electron chi connectivity index (χ1n) is 9.47. The van der Waals surface area contributed by atoms with E-state index in [4.69, 9.17) is 14.2 Å². The quantitative estimate of drug-likeness (QED) is 0.785. The Morgan fingerprint density at radius 2 is 2.00 bits per heavy atom. The number of aryl methyl sites for hydroxylation is 1. The monoisotopic (exact) mass is 353 g/mol. The first kappa shape index (κ1) is 17.2. The van der Waals surface area contributed by atoms with Crippen LogP contribution in [-0.4, -0.2) is 38.9 Å². The van der Waals surface area contributed by atoms with E-state index >= 15 is 0 Å². The lowest BCUT2D eigenvalue weighted by Gasteiger charge is -2.30. The van der Waals surface area contributed by atoms with Crippen molar-refractivity contribution in [2.45, 2.75) is 31.6 Å². The molecule has 1 unspecified atom stereocenters. The molecule has 2 aromatic rings. The summed E-state index contributed by atoms with van der Waals surface area (Å²) in [6, 6.07) is 12.8. The lowest BCUT2D eigenvalue weighted by atomic mass is 9.82. The van der Waals surface area contributed by atoms with Crippen LogP contribution in [0.5, 0.6) is 17.2 Å². The van der Waals surface area contributed by atoms with Crippen molar-refractivity contribution >= 4 is 0 Å². The van der Waals surface area contributed by atoms with Gasteiger partial charge in [0.1, 0.15) is 5.75 Å². The summed E-state index contributed by atoms with van der Waals surface area (Å²) in [5.41, 5.74) is 4.27. The fourth-order valence-electron chi connectivity index (χ4n) is 4.08. The highest BCUT2D eigenvalue weighted by atomic mass is 16.7. The van der Waals surface area contributed by atoms with Crippen molar-refractivity contribution in [1.82, 2.24) is 4.90 Å². The van der Waals surface area contributed by atoms with E-state index in [-0.39, 0.29) is 0 Å². The van der Waals surface area contributed by atoms with Crippen molar-refractivity contribution < 1.29 is 14.2 Å². The molecular weight excluding hydrogens is 326 g/mol. The first-order valence-corrected chi connectivity index (χ1v) is 9.47. The Bertz CT molecular complexity index is 774. The molecule has 1 aliphatic carbocycles. The SMILES string of the molecule is COc1ccc2c(c1)C(CN(C)CCc1ccc3c(c1)OCO3)CCC2.